The number of nitrogens with two attached hydrogens (primary N) is 1. The third-order valence-corrected chi connectivity index (χ3v) is 2.67. The third kappa shape index (κ3) is 5.26. The van der Waals surface area contributed by atoms with Gasteiger partial charge in [-0.05, 0) is 13.0 Å². The molecule has 4 nitrogen and oxygen atoms in total. The van der Waals surface area contributed by atoms with E-state index in [-0.39, 0.29) is 11.7 Å². The maximum Gasteiger partial charge on any atom is 0.234 e. The van der Waals surface area contributed by atoms with Gasteiger partial charge in [-0.25, -0.2) is 0 Å². The Bertz CT molecular complexity index is 171. The molecule has 0 bridgehead atoms. The molecule has 0 spiro atoms. The van der Waals surface area contributed by atoms with Gasteiger partial charge in [0.05, 0.1) is 0 Å². The molecule has 1 unspecified atom stereocenters. The highest BCUT2D eigenvalue weighted by molar-refractivity contribution is 7.85. The van der Waals surface area contributed by atoms with E-state index in [0.717, 1.165) is 0 Å². The lowest BCUT2D eigenvalue weighted by atomic mass is 10.5. The van der Waals surface area contributed by atoms with Gasteiger partial charge in [-0.2, -0.15) is 0 Å². The van der Waals surface area contributed by atoms with E-state index in [2.05, 4.69) is 0 Å². The van der Waals surface area contributed by atoms with Crippen molar-refractivity contribution in [2.75, 3.05) is 32.1 Å². The average molecular weight is 192 g/mol. The minimum atomic E-state index is -1.04. The van der Waals surface area contributed by atoms with E-state index in [1.165, 1.54) is 4.90 Å². The summed E-state index contributed by atoms with van der Waals surface area (Å²) in [6, 6.07) is 0. The van der Waals surface area contributed by atoms with Crippen LogP contribution >= 0.6 is 0 Å². The van der Waals surface area contributed by atoms with E-state index in [4.69, 9.17) is 5.73 Å². The molecule has 2 N–H and O–H groups in total. The topological polar surface area (TPSA) is 63.4 Å². The van der Waals surface area contributed by atoms with E-state index >= 15 is 0 Å². The summed E-state index contributed by atoms with van der Waals surface area (Å²) in [6.07, 6.45) is 0.716. The largest absolute Gasteiger partial charge is 0.348 e. The van der Waals surface area contributed by atoms with Crippen LogP contribution in [0.15, 0.2) is 0 Å². The monoisotopic (exact) mass is 192 g/mol. The summed E-state index contributed by atoms with van der Waals surface area (Å²) in [5.74, 6) is 0.550. The first-order valence-corrected chi connectivity index (χ1v) is 5.32. The maximum absolute atomic E-state index is 11.1. The predicted octanol–water partition coefficient (Wildman–Crippen LogP) is -0.828. The molecule has 5 heteroatoms. The van der Waals surface area contributed by atoms with Crippen LogP contribution in [0.3, 0.4) is 0 Å². The minimum absolute atomic E-state index is 0.0923. The van der Waals surface area contributed by atoms with Gasteiger partial charge in [0.1, 0.15) is 5.75 Å². The molecule has 0 aliphatic heterocycles. The molecule has 0 aromatic carbocycles. The van der Waals surface area contributed by atoms with Gasteiger partial charge < -0.3 is 10.6 Å². The second kappa shape index (κ2) is 6.14. The molecule has 0 fully saturated rings. The molecular formula is C7H16N2O2S. The maximum atomic E-state index is 11.1. The minimum Gasteiger partial charge on any atom is -0.348 e. The molecular weight excluding hydrogens is 176 g/mol. The Morgan fingerprint density at radius 3 is 2.50 bits per heavy atom. The molecule has 0 saturated heterocycles. The Hall–Kier alpha value is -0.420. The Balaban J connectivity index is 3.62. The molecule has 1 atom stereocenters. The Labute approximate surface area is 75.6 Å². The van der Waals surface area contributed by atoms with Crippen LogP contribution in [0.25, 0.3) is 0 Å². The number of rotatable bonds is 5. The molecule has 0 rings (SSSR count). The number of nitrogens with zero attached hydrogens (tertiary/aromatic N) is 1. The number of hydrogen-bond donors (Lipinski definition) is 1. The van der Waals surface area contributed by atoms with Gasteiger partial charge in [0.2, 0.25) is 5.91 Å². The standard InChI is InChI=1S/C7H16N2O2S/c1-9(2)7(10)6-12(11)5-3-4-8/h3-6,8H2,1-2H3. The highest BCUT2D eigenvalue weighted by Crippen LogP contribution is 1.89. The van der Waals surface area contributed by atoms with Crippen molar-refractivity contribution in [2.24, 2.45) is 5.73 Å². The van der Waals surface area contributed by atoms with E-state index in [1.807, 2.05) is 0 Å². The lowest BCUT2D eigenvalue weighted by molar-refractivity contribution is -0.125. The number of amides is 1. The Morgan fingerprint density at radius 2 is 2.08 bits per heavy atom. The van der Waals surface area contributed by atoms with Gasteiger partial charge in [0.15, 0.2) is 0 Å². The quantitative estimate of drug-likeness (QED) is 0.618. The first-order chi connectivity index (χ1) is 5.57. The lowest BCUT2D eigenvalue weighted by Gasteiger charge is -2.09. The van der Waals surface area contributed by atoms with Gasteiger partial charge in [-0.1, -0.05) is 0 Å². The SMILES string of the molecule is CN(C)C(=O)CS(=O)CCCN. The van der Waals surface area contributed by atoms with Crippen molar-refractivity contribution < 1.29 is 9.00 Å². The van der Waals surface area contributed by atoms with Crippen LogP contribution in [0.2, 0.25) is 0 Å². The van der Waals surface area contributed by atoms with Gasteiger partial charge in [0, 0.05) is 30.6 Å². The molecule has 0 aliphatic carbocycles. The van der Waals surface area contributed by atoms with Crippen LogP contribution in [0, 0.1) is 0 Å². The summed E-state index contributed by atoms with van der Waals surface area (Å²) in [5, 5.41) is 0. The van der Waals surface area contributed by atoms with Crippen LogP contribution < -0.4 is 5.73 Å². The molecule has 1 amide bonds. The fourth-order valence-electron chi connectivity index (χ4n) is 0.583. The van der Waals surface area contributed by atoms with Crippen molar-refractivity contribution in [1.82, 2.24) is 4.90 Å². The molecule has 0 radical (unpaired) electrons. The Kier molecular flexibility index (Phi) is 5.92. The van der Waals surface area contributed by atoms with Crippen LogP contribution in [-0.4, -0.2) is 47.2 Å². The normalized spacial score (nSPS) is 12.6. The van der Waals surface area contributed by atoms with Crippen molar-refractivity contribution in [3.8, 4) is 0 Å². The summed E-state index contributed by atoms with van der Waals surface area (Å²) in [4.78, 5) is 12.5. The predicted molar refractivity (Wildman–Crippen MR) is 50.2 cm³/mol. The summed E-state index contributed by atoms with van der Waals surface area (Å²) in [6.45, 7) is 0.530. The van der Waals surface area contributed by atoms with E-state index < -0.39 is 10.8 Å². The molecule has 12 heavy (non-hydrogen) atoms. The zero-order chi connectivity index (χ0) is 9.56. The van der Waals surface area contributed by atoms with Gasteiger partial charge in [0.25, 0.3) is 0 Å². The van der Waals surface area contributed by atoms with E-state index in [1.54, 1.807) is 14.1 Å². The molecule has 0 aromatic heterocycles. The van der Waals surface area contributed by atoms with Crippen molar-refractivity contribution >= 4 is 16.7 Å². The number of carbonyl (C=O) groups is 1. The fourth-order valence-corrected chi connectivity index (χ4v) is 1.75. The second-order valence-corrected chi connectivity index (χ2v) is 4.30. The van der Waals surface area contributed by atoms with Crippen molar-refractivity contribution in [3.63, 3.8) is 0 Å². The van der Waals surface area contributed by atoms with Crippen molar-refractivity contribution in [2.45, 2.75) is 6.42 Å². The first kappa shape index (κ1) is 11.6. The molecule has 0 aliphatic rings. The van der Waals surface area contributed by atoms with Gasteiger partial charge >= 0.3 is 0 Å². The zero-order valence-electron chi connectivity index (χ0n) is 7.58. The lowest BCUT2D eigenvalue weighted by Crippen LogP contribution is -2.28. The zero-order valence-corrected chi connectivity index (χ0v) is 8.39. The van der Waals surface area contributed by atoms with Crippen LogP contribution in [0.1, 0.15) is 6.42 Å². The van der Waals surface area contributed by atoms with Crippen molar-refractivity contribution in [3.05, 3.63) is 0 Å². The van der Waals surface area contributed by atoms with E-state index in [0.29, 0.717) is 18.7 Å². The molecule has 0 saturated carbocycles. The molecule has 0 heterocycles. The number of carbonyl (C=O) groups excluding carboxylic acids is 1. The Morgan fingerprint density at radius 1 is 1.50 bits per heavy atom. The number of hydrogen-bond acceptors (Lipinski definition) is 3. The summed E-state index contributed by atoms with van der Waals surface area (Å²) < 4.78 is 11.1. The molecule has 72 valence electrons. The highest BCUT2D eigenvalue weighted by atomic mass is 32.2. The van der Waals surface area contributed by atoms with Crippen LogP contribution in [0.5, 0.6) is 0 Å². The van der Waals surface area contributed by atoms with Crippen LogP contribution in [-0.2, 0) is 15.6 Å². The summed E-state index contributed by atoms with van der Waals surface area (Å²) in [7, 11) is 2.27. The van der Waals surface area contributed by atoms with Gasteiger partial charge in [-0.15, -0.1) is 0 Å². The summed E-state index contributed by atoms with van der Waals surface area (Å²) >= 11 is 0. The van der Waals surface area contributed by atoms with E-state index in [9.17, 15) is 9.00 Å². The fraction of sp³-hybridized carbons (Fsp3) is 0.857. The summed E-state index contributed by atoms with van der Waals surface area (Å²) in [5.41, 5.74) is 5.24. The first-order valence-electron chi connectivity index (χ1n) is 3.83. The van der Waals surface area contributed by atoms with Crippen LogP contribution in [0.4, 0.5) is 0 Å². The smallest absolute Gasteiger partial charge is 0.234 e. The average Bonchev–Trinajstić information content (AvgIpc) is 2.00. The van der Waals surface area contributed by atoms with Gasteiger partial charge in [-0.3, -0.25) is 9.00 Å². The third-order valence-electron chi connectivity index (χ3n) is 1.36. The molecule has 0 aromatic rings. The second-order valence-electron chi connectivity index (χ2n) is 2.72. The highest BCUT2D eigenvalue weighted by Gasteiger charge is 2.08. The van der Waals surface area contributed by atoms with Crippen molar-refractivity contribution in [1.29, 1.82) is 0 Å².